The number of hydrogen-bond acceptors (Lipinski definition) is 6. The minimum atomic E-state index is -0.502. The van der Waals surface area contributed by atoms with Gasteiger partial charge in [-0.3, -0.25) is 19.2 Å². The van der Waals surface area contributed by atoms with Crippen molar-refractivity contribution in [1.82, 2.24) is 0 Å². The number of fused-ring (bicyclic) bond motifs is 1. The van der Waals surface area contributed by atoms with Gasteiger partial charge in [0.25, 0.3) is 0 Å². The molecular weight excluding hydrogens is 588 g/mol. The third kappa shape index (κ3) is 20.3. The highest BCUT2D eigenvalue weighted by Crippen LogP contribution is 2.21. The standard InChI is InChI=1S/C22H40O3.C19H20O3/c1-6-8-9-10-11-12-13-16-20(23)18-21(24)25-22(4,5)17-14-15-19(3)7-2;1-2-3-4-7-12-22-19(21)14-18(20)17-11-10-15-8-5-6-9-16(15)13-17/h7,19H,2,6,8-18H2,1,3-5H3;3-6,8-11,13H,2,7,12,14H2,1H3. The molecule has 0 fully saturated rings. The van der Waals surface area contributed by atoms with E-state index >= 15 is 0 Å². The molecule has 2 aromatic carbocycles. The van der Waals surface area contributed by atoms with Gasteiger partial charge in [0.1, 0.15) is 24.2 Å². The van der Waals surface area contributed by atoms with E-state index in [1.54, 1.807) is 6.07 Å². The van der Waals surface area contributed by atoms with Crippen LogP contribution in [-0.4, -0.2) is 35.7 Å². The molecule has 0 N–H and O–H groups in total. The minimum Gasteiger partial charge on any atom is -0.465 e. The Bertz CT molecular complexity index is 1260. The SMILES string of the molecule is C=CC(C)CCCC(C)(C)OC(=O)CC(=O)CCCCCCCCC.CCC=CCCOC(=O)CC(=O)c1ccc2ccccc2c1. The van der Waals surface area contributed by atoms with Gasteiger partial charge in [-0.05, 0) is 75.1 Å². The Balaban J connectivity index is 0.000000473. The van der Waals surface area contributed by atoms with E-state index in [1.165, 1.54) is 32.1 Å². The molecule has 0 aromatic heterocycles. The lowest BCUT2D eigenvalue weighted by atomic mass is 9.96. The molecule has 0 heterocycles. The lowest BCUT2D eigenvalue weighted by Gasteiger charge is -2.25. The molecular formula is C41H60O6. The number of rotatable bonds is 23. The molecule has 0 aliphatic heterocycles. The maximum Gasteiger partial charge on any atom is 0.313 e. The summed E-state index contributed by atoms with van der Waals surface area (Å²) in [7, 11) is 0. The van der Waals surface area contributed by atoms with E-state index in [2.05, 4.69) is 20.4 Å². The second-order valence-electron chi connectivity index (χ2n) is 13.0. The molecule has 0 saturated heterocycles. The summed E-state index contributed by atoms with van der Waals surface area (Å²) in [5.41, 5.74) is 0.0406. The van der Waals surface area contributed by atoms with Crippen LogP contribution < -0.4 is 0 Å². The molecule has 1 unspecified atom stereocenters. The second-order valence-corrected chi connectivity index (χ2v) is 13.0. The Hall–Kier alpha value is -3.54. The molecule has 1 atom stereocenters. The van der Waals surface area contributed by atoms with E-state index in [1.807, 2.05) is 75.4 Å². The lowest BCUT2D eigenvalue weighted by molar-refractivity contribution is -0.158. The Morgan fingerprint density at radius 2 is 1.51 bits per heavy atom. The molecule has 2 rings (SSSR count). The molecule has 0 radical (unpaired) electrons. The van der Waals surface area contributed by atoms with Gasteiger partial charge in [-0.1, -0.05) is 114 Å². The molecule has 0 aliphatic rings. The van der Waals surface area contributed by atoms with Crippen molar-refractivity contribution in [1.29, 1.82) is 0 Å². The van der Waals surface area contributed by atoms with E-state index < -0.39 is 11.6 Å². The van der Waals surface area contributed by atoms with E-state index in [-0.39, 0.29) is 30.4 Å². The summed E-state index contributed by atoms with van der Waals surface area (Å²) in [6.45, 7) is 14.3. The number of allylic oxidation sites excluding steroid dienone is 2. The first-order chi connectivity index (χ1) is 22.5. The highest BCUT2D eigenvalue weighted by molar-refractivity contribution is 6.07. The van der Waals surface area contributed by atoms with Crippen LogP contribution in [0.5, 0.6) is 0 Å². The molecule has 0 amide bonds. The quantitative estimate of drug-likeness (QED) is 0.0392. The average molecular weight is 649 g/mol. The highest BCUT2D eigenvalue weighted by Gasteiger charge is 2.24. The van der Waals surface area contributed by atoms with Gasteiger partial charge in [-0.25, -0.2) is 0 Å². The Labute approximate surface area is 284 Å². The van der Waals surface area contributed by atoms with E-state index in [0.29, 0.717) is 30.9 Å². The van der Waals surface area contributed by atoms with Crippen molar-refractivity contribution in [3.8, 4) is 0 Å². The summed E-state index contributed by atoms with van der Waals surface area (Å²) in [5, 5.41) is 2.07. The average Bonchev–Trinajstić information content (AvgIpc) is 3.03. The first-order valence-electron chi connectivity index (χ1n) is 17.7. The van der Waals surface area contributed by atoms with Gasteiger partial charge in [0.15, 0.2) is 5.78 Å². The molecule has 6 nitrogen and oxygen atoms in total. The van der Waals surface area contributed by atoms with Crippen molar-refractivity contribution >= 4 is 34.3 Å². The van der Waals surface area contributed by atoms with Crippen LogP contribution in [-0.2, 0) is 23.9 Å². The topological polar surface area (TPSA) is 86.7 Å². The van der Waals surface area contributed by atoms with Gasteiger partial charge in [0.05, 0.1) is 6.61 Å². The number of ether oxygens (including phenoxy) is 2. The normalized spacial score (nSPS) is 11.9. The number of unbranched alkanes of at least 4 members (excludes halogenated alkanes) is 6. The Morgan fingerprint density at radius 3 is 2.19 bits per heavy atom. The van der Waals surface area contributed by atoms with Crippen LogP contribution >= 0.6 is 0 Å². The van der Waals surface area contributed by atoms with Crippen molar-refractivity contribution in [2.24, 2.45) is 5.92 Å². The van der Waals surface area contributed by atoms with Gasteiger partial charge in [-0.15, -0.1) is 6.58 Å². The number of carbonyl (C=O) groups excluding carboxylic acids is 4. The first kappa shape index (κ1) is 41.5. The van der Waals surface area contributed by atoms with Crippen LogP contribution in [0.1, 0.15) is 141 Å². The fourth-order valence-electron chi connectivity index (χ4n) is 5.06. The summed E-state index contributed by atoms with van der Waals surface area (Å²) in [5.74, 6) is -0.567. The molecule has 0 saturated carbocycles. The molecule has 0 spiro atoms. The predicted octanol–water partition coefficient (Wildman–Crippen LogP) is 10.7. The first-order valence-corrected chi connectivity index (χ1v) is 17.7. The summed E-state index contributed by atoms with van der Waals surface area (Å²) >= 11 is 0. The summed E-state index contributed by atoms with van der Waals surface area (Å²) in [6.07, 6.45) is 18.9. The maximum absolute atomic E-state index is 12.1. The minimum absolute atomic E-state index is 0.00892. The molecule has 47 heavy (non-hydrogen) atoms. The molecule has 0 bridgehead atoms. The van der Waals surface area contributed by atoms with Crippen LogP contribution in [0.4, 0.5) is 0 Å². The van der Waals surface area contributed by atoms with Crippen molar-refractivity contribution in [3.05, 3.63) is 72.8 Å². The zero-order valence-electron chi connectivity index (χ0n) is 29.8. The van der Waals surface area contributed by atoms with Gasteiger partial charge < -0.3 is 9.47 Å². The van der Waals surface area contributed by atoms with Crippen LogP contribution in [0.3, 0.4) is 0 Å². The third-order valence-corrected chi connectivity index (χ3v) is 7.96. The zero-order valence-corrected chi connectivity index (χ0v) is 29.8. The fourth-order valence-corrected chi connectivity index (χ4v) is 5.06. The van der Waals surface area contributed by atoms with Crippen LogP contribution in [0.25, 0.3) is 10.8 Å². The number of ketones is 2. The molecule has 2 aromatic rings. The number of esters is 2. The Morgan fingerprint density at radius 1 is 0.830 bits per heavy atom. The van der Waals surface area contributed by atoms with Crippen LogP contribution in [0, 0.1) is 5.92 Å². The maximum atomic E-state index is 12.1. The van der Waals surface area contributed by atoms with Gasteiger partial charge >= 0.3 is 11.9 Å². The summed E-state index contributed by atoms with van der Waals surface area (Å²) < 4.78 is 10.6. The van der Waals surface area contributed by atoms with E-state index in [0.717, 1.165) is 49.3 Å². The molecule has 260 valence electrons. The fraction of sp³-hybridized carbons (Fsp3) is 0.561. The lowest BCUT2D eigenvalue weighted by Crippen LogP contribution is -2.29. The van der Waals surface area contributed by atoms with Crippen molar-refractivity contribution < 1.29 is 28.7 Å². The zero-order chi connectivity index (χ0) is 34.9. The number of benzene rings is 2. The van der Waals surface area contributed by atoms with Gasteiger partial charge in [0, 0.05) is 12.0 Å². The van der Waals surface area contributed by atoms with Crippen molar-refractivity contribution in [3.63, 3.8) is 0 Å². The summed E-state index contributed by atoms with van der Waals surface area (Å²) in [6, 6.07) is 13.3. The largest absolute Gasteiger partial charge is 0.465 e. The monoisotopic (exact) mass is 648 g/mol. The predicted molar refractivity (Wildman–Crippen MR) is 194 cm³/mol. The van der Waals surface area contributed by atoms with Crippen molar-refractivity contribution in [2.75, 3.05) is 6.61 Å². The van der Waals surface area contributed by atoms with Crippen LogP contribution in [0.2, 0.25) is 0 Å². The number of hydrogen-bond donors (Lipinski definition) is 0. The van der Waals surface area contributed by atoms with Gasteiger partial charge in [0.2, 0.25) is 0 Å². The number of Topliss-reactive ketones (excluding diaryl/α,β-unsaturated/α-hetero) is 2. The molecule has 6 heteroatoms. The van der Waals surface area contributed by atoms with Crippen molar-refractivity contribution in [2.45, 2.75) is 137 Å². The summed E-state index contributed by atoms with van der Waals surface area (Å²) in [4.78, 5) is 47.7. The number of carbonyl (C=O) groups is 4. The van der Waals surface area contributed by atoms with Gasteiger partial charge in [-0.2, -0.15) is 0 Å². The van der Waals surface area contributed by atoms with E-state index in [9.17, 15) is 19.2 Å². The smallest absolute Gasteiger partial charge is 0.313 e. The molecule has 0 aliphatic carbocycles. The third-order valence-electron chi connectivity index (χ3n) is 7.96. The van der Waals surface area contributed by atoms with Crippen LogP contribution in [0.15, 0.2) is 67.3 Å². The van der Waals surface area contributed by atoms with E-state index in [4.69, 9.17) is 9.47 Å². The Kier molecular flexibility index (Phi) is 21.7. The highest BCUT2D eigenvalue weighted by atomic mass is 16.6. The second kappa shape index (κ2) is 24.6.